The highest BCUT2D eigenvalue weighted by molar-refractivity contribution is 6.03. The number of quaternary nitrogens is 1. The van der Waals surface area contributed by atoms with Crippen molar-refractivity contribution in [3.8, 4) is 0 Å². The van der Waals surface area contributed by atoms with Crippen LogP contribution >= 0.6 is 0 Å². The van der Waals surface area contributed by atoms with E-state index >= 15 is 0 Å². The molecule has 4 heteroatoms. The first kappa shape index (κ1) is 13.4. The highest BCUT2D eigenvalue weighted by atomic mass is 16.2. The van der Waals surface area contributed by atoms with Crippen molar-refractivity contribution in [1.29, 1.82) is 0 Å². The van der Waals surface area contributed by atoms with Gasteiger partial charge in [0.15, 0.2) is 0 Å². The summed E-state index contributed by atoms with van der Waals surface area (Å²) in [6, 6.07) is 7.61. The maximum absolute atomic E-state index is 11.4. The second-order valence-electron chi connectivity index (χ2n) is 4.99. The van der Waals surface area contributed by atoms with E-state index in [0.29, 0.717) is 5.69 Å². The largest absolute Gasteiger partial charge is 0.326 e. The van der Waals surface area contributed by atoms with Gasteiger partial charge in [-0.3, -0.25) is 14.1 Å². The van der Waals surface area contributed by atoms with Crippen molar-refractivity contribution < 1.29 is 9.59 Å². The van der Waals surface area contributed by atoms with E-state index in [1.165, 1.54) is 6.92 Å². The minimum absolute atomic E-state index is 0.0723. The summed E-state index contributed by atoms with van der Waals surface area (Å²) in [7, 11) is 6.22. The van der Waals surface area contributed by atoms with E-state index in [1.54, 1.807) is 0 Å². The maximum Gasteiger partial charge on any atom is 0.231 e. The zero-order valence-corrected chi connectivity index (χ0v) is 10.8. The zero-order chi connectivity index (χ0) is 13.1. The Balaban J connectivity index is 2.69. The van der Waals surface area contributed by atoms with E-state index in [2.05, 4.69) is 26.5 Å². The fourth-order valence-corrected chi connectivity index (χ4v) is 1.42. The summed E-state index contributed by atoms with van der Waals surface area (Å²) in [6.45, 7) is 1.40. The predicted octanol–water partition coefficient (Wildman–Crippen LogP) is 1.80. The van der Waals surface area contributed by atoms with E-state index in [0.717, 1.165) is 10.2 Å². The summed E-state index contributed by atoms with van der Waals surface area (Å²) < 4.78 is 0.724. The van der Waals surface area contributed by atoms with Crippen LogP contribution in [0.5, 0.6) is 0 Å². The van der Waals surface area contributed by atoms with Crippen molar-refractivity contribution in [3.63, 3.8) is 0 Å². The first-order valence-corrected chi connectivity index (χ1v) is 5.50. The number of amides is 1. The highest BCUT2D eigenvalue weighted by Gasteiger charge is 2.11. The Labute approximate surface area is 102 Å². The molecule has 0 saturated heterocycles. The third kappa shape index (κ3) is 4.36. The Morgan fingerprint density at radius 1 is 1.12 bits per heavy atom. The molecule has 1 aromatic rings. The van der Waals surface area contributed by atoms with Gasteiger partial charge in [-0.25, -0.2) is 0 Å². The van der Waals surface area contributed by atoms with Crippen LogP contribution in [0.25, 0.3) is 0 Å². The molecular formula is C13H19N2O2+. The molecular weight excluding hydrogens is 216 g/mol. The van der Waals surface area contributed by atoms with Crippen LogP contribution in [0.1, 0.15) is 13.3 Å². The van der Waals surface area contributed by atoms with Crippen LogP contribution in [0.2, 0.25) is 0 Å². The van der Waals surface area contributed by atoms with Gasteiger partial charge in [0.05, 0.1) is 27.6 Å². The number of ketones is 1. The molecule has 0 atom stereocenters. The van der Waals surface area contributed by atoms with Crippen molar-refractivity contribution in [2.45, 2.75) is 13.3 Å². The minimum atomic E-state index is -0.268. The molecule has 0 unspecified atom stereocenters. The molecule has 4 nitrogen and oxygen atoms in total. The molecule has 17 heavy (non-hydrogen) atoms. The van der Waals surface area contributed by atoms with Gasteiger partial charge in [-0.1, -0.05) is 0 Å². The van der Waals surface area contributed by atoms with Gasteiger partial charge in [-0.2, -0.15) is 0 Å². The Bertz CT molecular complexity index is 416. The minimum Gasteiger partial charge on any atom is -0.326 e. The number of Topliss-reactive ketones (excluding diaryl/α,β-unsaturated/α-hetero) is 1. The topological polar surface area (TPSA) is 46.2 Å². The average molecular weight is 235 g/mol. The quantitative estimate of drug-likeness (QED) is 0.639. The van der Waals surface area contributed by atoms with Gasteiger partial charge in [0.2, 0.25) is 5.91 Å². The zero-order valence-electron chi connectivity index (χ0n) is 10.8. The van der Waals surface area contributed by atoms with Crippen LogP contribution < -0.4 is 9.80 Å². The molecule has 1 amide bonds. The molecule has 1 aromatic carbocycles. The molecule has 0 aromatic heterocycles. The SMILES string of the molecule is CC(=O)CC(=O)Nc1ccc([N+](C)(C)C)cc1. The van der Waals surface area contributed by atoms with Gasteiger partial charge < -0.3 is 5.32 Å². The molecule has 1 N–H and O–H groups in total. The van der Waals surface area contributed by atoms with Gasteiger partial charge in [0.1, 0.15) is 11.5 Å². The van der Waals surface area contributed by atoms with E-state index in [-0.39, 0.29) is 18.1 Å². The molecule has 92 valence electrons. The van der Waals surface area contributed by atoms with Crippen LogP contribution in [0.4, 0.5) is 11.4 Å². The first-order chi connectivity index (χ1) is 7.79. The fraction of sp³-hybridized carbons (Fsp3) is 0.385. The molecule has 0 fully saturated rings. The number of hydrogen-bond acceptors (Lipinski definition) is 2. The summed E-state index contributed by atoms with van der Waals surface area (Å²) in [6.07, 6.45) is -0.0723. The lowest BCUT2D eigenvalue weighted by molar-refractivity contribution is -0.124. The summed E-state index contributed by atoms with van der Waals surface area (Å²) in [5.41, 5.74) is 1.86. The second kappa shape index (κ2) is 5.10. The van der Waals surface area contributed by atoms with Gasteiger partial charge in [0, 0.05) is 17.8 Å². The van der Waals surface area contributed by atoms with Crippen LogP contribution in [-0.4, -0.2) is 32.8 Å². The van der Waals surface area contributed by atoms with Crippen molar-refractivity contribution in [1.82, 2.24) is 4.48 Å². The van der Waals surface area contributed by atoms with E-state index in [9.17, 15) is 9.59 Å². The standard InChI is InChI=1S/C13H18N2O2/c1-10(16)9-13(17)14-11-5-7-12(8-6-11)15(2,3)4/h5-8H,9H2,1-4H3/p+1. The number of anilines is 1. The van der Waals surface area contributed by atoms with Gasteiger partial charge in [-0.15, -0.1) is 0 Å². The van der Waals surface area contributed by atoms with Gasteiger partial charge in [-0.05, 0) is 19.1 Å². The fourth-order valence-electron chi connectivity index (χ4n) is 1.42. The molecule has 0 aliphatic rings. The number of nitrogens with zero attached hydrogens (tertiary/aromatic N) is 1. The number of nitrogens with one attached hydrogen (secondary N) is 1. The van der Waals surface area contributed by atoms with Crippen molar-refractivity contribution in [3.05, 3.63) is 24.3 Å². The van der Waals surface area contributed by atoms with Crippen LogP contribution in [0, 0.1) is 0 Å². The van der Waals surface area contributed by atoms with Crippen molar-refractivity contribution in [2.75, 3.05) is 26.5 Å². The molecule has 0 bridgehead atoms. The molecule has 1 rings (SSSR count). The first-order valence-electron chi connectivity index (χ1n) is 5.50. The number of rotatable bonds is 4. The summed E-state index contributed by atoms with van der Waals surface area (Å²) in [4.78, 5) is 22.1. The third-order valence-corrected chi connectivity index (χ3v) is 2.34. The molecule has 0 saturated carbocycles. The molecule has 0 aliphatic carbocycles. The average Bonchev–Trinajstić information content (AvgIpc) is 2.15. The number of carbonyl (C=O) groups excluding carboxylic acids is 2. The van der Waals surface area contributed by atoms with E-state index in [1.807, 2.05) is 24.3 Å². The summed E-state index contributed by atoms with van der Waals surface area (Å²) >= 11 is 0. The number of carbonyl (C=O) groups is 2. The summed E-state index contributed by atoms with van der Waals surface area (Å²) in [5, 5.41) is 2.69. The smallest absolute Gasteiger partial charge is 0.231 e. The predicted molar refractivity (Wildman–Crippen MR) is 69.9 cm³/mol. The molecule has 0 aliphatic heterocycles. The van der Waals surface area contributed by atoms with Crippen LogP contribution in [-0.2, 0) is 9.59 Å². The Hall–Kier alpha value is -1.68. The molecule has 0 spiro atoms. The monoisotopic (exact) mass is 235 g/mol. The Kier molecular flexibility index (Phi) is 4.02. The lowest BCUT2D eigenvalue weighted by Gasteiger charge is -2.23. The maximum atomic E-state index is 11.4. The number of hydrogen-bond donors (Lipinski definition) is 1. The Morgan fingerprint density at radius 2 is 1.65 bits per heavy atom. The third-order valence-electron chi connectivity index (χ3n) is 2.34. The second-order valence-corrected chi connectivity index (χ2v) is 4.99. The molecule has 0 heterocycles. The van der Waals surface area contributed by atoms with Gasteiger partial charge >= 0.3 is 0 Å². The van der Waals surface area contributed by atoms with E-state index in [4.69, 9.17) is 0 Å². The summed E-state index contributed by atoms with van der Waals surface area (Å²) in [5.74, 6) is -0.402. The van der Waals surface area contributed by atoms with Gasteiger partial charge in [0.25, 0.3) is 0 Å². The van der Waals surface area contributed by atoms with Crippen LogP contribution in [0.3, 0.4) is 0 Å². The number of benzene rings is 1. The lowest BCUT2D eigenvalue weighted by Crippen LogP contribution is -2.34. The van der Waals surface area contributed by atoms with Crippen molar-refractivity contribution in [2.24, 2.45) is 0 Å². The Morgan fingerprint density at radius 3 is 2.06 bits per heavy atom. The van der Waals surface area contributed by atoms with Crippen molar-refractivity contribution >= 4 is 23.1 Å². The van der Waals surface area contributed by atoms with E-state index < -0.39 is 0 Å². The molecule has 0 radical (unpaired) electrons. The highest BCUT2D eigenvalue weighted by Crippen LogP contribution is 2.19. The normalized spacial score (nSPS) is 11.1. The van der Waals surface area contributed by atoms with Crippen LogP contribution in [0.15, 0.2) is 24.3 Å². The lowest BCUT2D eigenvalue weighted by atomic mass is 10.2.